The Morgan fingerprint density at radius 1 is 1.38 bits per heavy atom. The van der Waals surface area contributed by atoms with Crippen molar-refractivity contribution in [3.8, 4) is 0 Å². The zero-order chi connectivity index (χ0) is 11.2. The Labute approximate surface area is 103 Å². The van der Waals surface area contributed by atoms with Gasteiger partial charge in [0.05, 0.1) is 0 Å². The largest absolute Gasteiger partial charge is 0.317 e. The summed E-state index contributed by atoms with van der Waals surface area (Å²) in [5.74, 6) is 3.59. The van der Waals surface area contributed by atoms with Crippen LogP contribution in [0, 0.1) is 5.92 Å². The standard InChI is InChI=1S/C14H21NS/c1-15-14(13-9-10-16-11-13)8-7-12-5-3-2-4-6-12/h2-6,13-15H,7-11H2,1H3. The molecule has 0 aliphatic carbocycles. The van der Waals surface area contributed by atoms with Gasteiger partial charge < -0.3 is 5.32 Å². The van der Waals surface area contributed by atoms with Crippen molar-refractivity contribution in [1.82, 2.24) is 5.32 Å². The zero-order valence-electron chi connectivity index (χ0n) is 9.99. The normalized spacial score (nSPS) is 22.2. The average molecular weight is 235 g/mol. The minimum atomic E-state index is 0.704. The lowest BCUT2D eigenvalue weighted by Gasteiger charge is -2.22. The Kier molecular flexibility index (Phi) is 4.73. The second kappa shape index (κ2) is 6.31. The quantitative estimate of drug-likeness (QED) is 0.842. The van der Waals surface area contributed by atoms with Crippen molar-refractivity contribution in [3.63, 3.8) is 0 Å². The third-order valence-corrected chi connectivity index (χ3v) is 4.68. The highest BCUT2D eigenvalue weighted by molar-refractivity contribution is 7.99. The molecule has 1 fully saturated rings. The lowest BCUT2D eigenvalue weighted by atomic mass is 9.93. The van der Waals surface area contributed by atoms with Gasteiger partial charge in [-0.15, -0.1) is 0 Å². The first kappa shape index (κ1) is 12.0. The van der Waals surface area contributed by atoms with Crippen molar-refractivity contribution >= 4 is 11.8 Å². The molecule has 1 aromatic carbocycles. The molecule has 16 heavy (non-hydrogen) atoms. The highest BCUT2D eigenvalue weighted by Gasteiger charge is 2.23. The molecule has 88 valence electrons. The molecule has 2 unspecified atom stereocenters. The van der Waals surface area contributed by atoms with Crippen LogP contribution in [0.1, 0.15) is 18.4 Å². The summed E-state index contributed by atoms with van der Waals surface area (Å²) in [6, 6.07) is 11.5. The number of nitrogens with one attached hydrogen (secondary N) is 1. The maximum absolute atomic E-state index is 3.50. The fourth-order valence-electron chi connectivity index (χ4n) is 2.45. The molecule has 1 heterocycles. The van der Waals surface area contributed by atoms with E-state index in [1.807, 2.05) is 0 Å². The van der Waals surface area contributed by atoms with Crippen LogP contribution < -0.4 is 5.32 Å². The Bertz CT molecular complexity index is 293. The van der Waals surface area contributed by atoms with Gasteiger partial charge in [0.2, 0.25) is 0 Å². The number of hydrogen-bond acceptors (Lipinski definition) is 2. The van der Waals surface area contributed by atoms with Crippen molar-refractivity contribution in [3.05, 3.63) is 35.9 Å². The lowest BCUT2D eigenvalue weighted by molar-refractivity contribution is 0.384. The van der Waals surface area contributed by atoms with Crippen molar-refractivity contribution < 1.29 is 0 Å². The molecular weight excluding hydrogens is 214 g/mol. The molecule has 0 bridgehead atoms. The van der Waals surface area contributed by atoms with Crippen molar-refractivity contribution in [1.29, 1.82) is 0 Å². The van der Waals surface area contributed by atoms with Crippen LogP contribution >= 0.6 is 11.8 Å². The van der Waals surface area contributed by atoms with E-state index in [1.54, 1.807) is 0 Å². The molecule has 2 atom stereocenters. The van der Waals surface area contributed by atoms with Crippen LogP contribution in [0.5, 0.6) is 0 Å². The van der Waals surface area contributed by atoms with Crippen LogP contribution in [0.2, 0.25) is 0 Å². The predicted octanol–water partition coefficient (Wildman–Crippen LogP) is 2.96. The van der Waals surface area contributed by atoms with Gasteiger partial charge in [-0.25, -0.2) is 0 Å². The third kappa shape index (κ3) is 3.26. The van der Waals surface area contributed by atoms with Gasteiger partial charge in [0, 0.05) is 6.04 Å². The summed E-state index contributed by atoms with van der Waals surface area (Å²) in [6.07, 6.45) is 3.87. The third-order valence-electron chi connectivity index (χ3n) is 3.49. The van der Waals surface area contributed by atoms with Gasteiger partial charge in [0.15, 0.2) is 0 Å². The van der Waals surface area contributed by atoms with Gasteiger partial charge in [-0.05, 0) is 49.3 Å². The van der Waals surface area contributed by atoms with Crippen LogP contribution in [0.15, 0.2) is 30.3 Å². The van der Waals surface area contributed by atoms with Crippen LogP contribution in [0.25, 0.3) is 0 Å². The van der Waals surface area contributed by atoms with Gasteiger partial charge in [0.1, 0.15) is 0 Å². The predicted molar refractivity (Wildman–Crippen MR) is 73.0 cm³/mol. The second-order valence-electron chi connectivity index (χ2n) is 4.54. The highest BCUT2D eigenvalue weighted by atomic mass is 32.2. The van der Waals surface area contributed by atoms with Gasteiger partial charge in [-0.1, -0.05) is 30.3 Å². The first-order valence-electron chi connectivity index (χ1n) is 6.19. The van der Waals surface area contributed by atoms with E-state index < -0.39 is 0 Å². The van der Waals surface area contributed by atoms with Crippen LogP contribution in [-0.4, -0.2) is 24.6 Å². The Morgan fingerprint density at radius 2 is 2.19 bits per heavy atom. The summed E-state index contributed by atoms with van der Waals surface area (Å²) >= 11 is 2.11. The minimum Gasteiger partial charge on any atom is -0.317 e. The minimum absolute atomic E-state index is 0.704. The van der Waals surface area contributed by atoms with Crippen LogP contribution in [0.4, 0.5) is 0 Å². The van der Waals surface area contributed by atoms with E-state index in [0.29, 0.717) is 6.04 Å². The first-order chi connectivity index (χ1) is 7.90. The summed E-state index contributed by atoms with van der Waals surface area (Å²) in [5.41, 5.74) is 1.47. The number of benzene rings is 1. The number of rotatable bonds is 5. The van der Waals surface area contributed by atoms with E-state index in [4.69, 9.17) is 0 Å². The van der Waals surface area contributed by atoms with E-state index >= 15 is 0 Å². The van der Waals surface area contributed by atoms with E-state index in [1.165, 1.54) is 36.3 Å². The molecule has 0 amide bonds. The Hall–Kier alpha value is -0.470. The van der Waals surface area contributed by atoms with Gasteiger partial charge in [-0.2, -0.15) is 11.8 Å². The first-order valence-corrected chi connectivity index (χ1v) is 7.34. The van der Waals surface area contributed by atoms with Crippen molar-refractivity contribution in [2.24, 2.45) is 5.92 Å². The molecule has 0 aromatic heterocycles. The second-order valence-corrected chi connectivity index (χ2v) is 5.69. The molecule has 1 N–H and O–H groups in total. The molecule has 2 heteroatoms. The molecule has 2 rings (SSSR count). The van der Waals surface area contributed by atoms with E-state index in [2.05, 4.69) is 54.5 Å². The molecule has 0 saturated carbocycles. The van der Waals surface area contributed by atoms with Gasteiger partial charge in [-0.3, -0.25) is 0 Å². The molecule has 1 aliphatic heterocycles. The molecule has 0 radical (unpaired) electrons. The highest BCUT2D eigenvalue weighted by Crippen LogP contribution is 2.27. The summed E-state index contributed by atoms with van der Waals surface area (Å²) < 4.78 is 0. The SMILES string of the molecule is CNC(CCc1ccccc1)C1CCSC1. The fourth-order valence-corrected chi connectivity index (χ4v) is 3.79. The average Bonchev–Trinajstić information content (AvgIpc) is 2.85. The number of thioether (sulfide) groups is 1. The molecule has 1 saturated heterocycles. The maximum atomic E-state index is 3.50. The Balaban J connectivity index is 1.83. The molecule has 1 aliphatic rings. The maximum Gasteiger partial charge on any atom is 0.0104 e. The summed E-state index contributed by atoms with van der Waals surface area (Å²) in [5, 5.41) is 3.50. The van der Waals surface area contributed by atoms with Crippen LogP contribution in [0.3, 0.4) is 0 Å². The van der Waals surface area contributed by atoms with E-state index in [9.17, 15) is 0 Å². The monoisotopic (exact) mass is 235 g/mol. The topological polar surface area (TPSA) is 12.0 Å². The lowest BCUT2D eigenvalue weighted by Crippen LogP contribution is -2.34. The van der Waals surface area contributed by atoms with Gasteiger partial charge >= 0.3 is 0 Å². The smallest absolute Gasteiger partial charge is 0.0104 e. The zero-order valence-corrected chi connectivity index (χ0v) is 10.8. The van der Waals surface area contributed by atoms with E-state index in [-0.39, 0.29) is 0 Å². The van der Waals surface area contributed by atoms with Crippen LogP contribution in [-0.2, 0) is 6.42 Å². The summed E-state index contributed by atoms with van der Waals surface area (Å²) in [6.45, 7) is 0. The van der Waals surface area contributed by atoms with E-state index in [0.717, 1.165) is 5.92 Å². The summed E-state index contributed by atoms with van der Waals surface area (Å²) in [7, 11) is 2.11. The summed E-state index contributed by atoms with van der Waals surface area (Å²) in [4.78, 5) is 0. The molecular formula is C14H21NS. The fraction of sp³-hybridized carbons (Fsp3) is 0.571. The van der Waals surface area contributed by atoms with Gasteiger partial charge in [0.25, 0.3) is 0 Å². The molecule has 1 aromatic rings. The number of aryl methyl sites for hydroxylation is 1. The molecule has 1 nitrogen and oxygen atoms in total. The van der Waals surface area contributed by atoms with Crippen molar-refractivity contribution in [2.45, 2.75) is 25.3 Å². The van der Waals surface area contributed by atoms with Crippen molar-refractivity contribution in [2.75, 3.05) is 18.6 Å². The molecule has 0 spiro atoms. The Morgan fingerprint density at radius 3 is 2.81 bits per heavy atom. The number of hydrogen-bond donors (Lipinski definition) is 1.